The molecular formula is C24H47N. The smallest absolute Gasteiger partial charge is 0.0661 e. The van der Waals surface area contributed by atoms with Crippen LogP contribution in [0.4, 0.5) is 0 Å². The van der Waals surface area contributed by atoms with Gasteiger partial charge in [0, 0.05) is 0 Å². The van der Waals surface area contributed by atoms with Crippen molar-refractivity contribution in [1.82, 2.24) is 0 Å². The predicted octanol–water partition coefficient (Wildman–Crippen LogP) is 8.68. The molecule has 0 saturated carbocycles. The maximum absolute atomic E-state index is 10.0. The Hall–Kier alpha value is -0.510. The van der Waals surface area contributed by atoms with Gasteiger partial charge in [-0.3, -0.25) is 0 Å². The molecule has 0 radical (unpaired) electrons. The van der Waals surface area contributed by atoms with Gasteiger partial charge in [-0.2, -0.15) is 5.26 Å². The van der Waals surface area contributed by atoms with E-state index >= 15 is 0 Å². The fraction of sp³-hybridized carbons (Fsp3) is 0.958. The van der Waals surface area contributed by atoms with E-state index in [1.807, 2.05) is 0 Å². The Labute approximate surface area is 160 Å². The molecule has 0 fully saturated rings. The third kappa shape index (κ3) is 12.5. The predicted molar refractivity (Wildman–Crippen MR) is 113 cm³/mol. The molecule has 148 valence electrons. The van der Waals surface area contributed by atoms with E-state index in [0.29, 0.717) is 17.8 Å². The number of rotatable bonds is 18. The number of hydrogen-bond donors (Lipinski definition) is 0. The Morgan fingerprint density at radius 1 is 0.520 bits per heavy atom. The minimum Gasteiger partial charge on any atom is -0.198 e. The number of hydrogen-bond acceptors (Lipinski definition) is 1. The quantitative estimate of drug-likeness (QED) is 0.227. The Kier molecular flexibility index (Phi) is 17.9. The van der Waals surface area contributed by atoms with Gasteiger partial charge in [-0.15, -0.1) is 0 Å². The molecule has 0 heterocycles. The molecule has 0 aromatic rings. The molecule has 0 rings (SSSR count). The summed E-state index contributed by atoms with van der Waals surface area (Å²) in [4.78, 5) is 0. The first kappa shape index (κ1) is 24.5. The average Bonchev–Trinajstić information content (AvgIpc) is 2.62. The Bertz CT molecular complexity index is 260. The van der Waals surface area contributed by atoms with Gasteiger partial charge in [0.15, 0.2) is 0 Å². The lowest BCUT2D eigenvalue weighted by molar-refractivity contribution is 0.219. The van der Waals surface area contributed by atoms with Gasteiger partial charge in [0.1, 0.15) is 0 Å². The Balaban J connectivity index is 4.88. The summed E-state index contributed by atoms with van der Waals surface area (Å²) < 4.78 is 0. The largest absolute Gasteiger partial charge is 0.198 e. The van der Waals surface area contributed by atoms with Gasteiger partial charge in [-0.05, 0) is 37.5 Å². The van der Waals surface area contributed by atoms with Gasteiger partial charge >= 0.3 is 0 Å². The zero-order valence-electron chi connectivity index (χ0n) is 18.0. The van der Waals surface area contributed by atoms with Crippen molar-refractivity contribution in [3.8, 4) is 6.07 Å². The summed E-state index contributed by atoms with van der Waals surface area (Å²) in [5.41, 5.74) is 0. The maximum Gasteiger partial charge on any atom is 0.0661 e. The SMILES string of the molecule is CCCCCC(CCCCC)C(C#N)C(CCCCC)CCCCC. The van der Waals surface area contributed by atoms with Gasteiger partial charge < -0.3 is 0 Å². The van der Waals surface area contributed by atoms with Crippen molar-refractivity contribution in [2.24, 2.45) is 17.8 Å². The van der Waals surface area contributed by atoms with Crippen molar-refractivity contribution in [2.45, 2.75) is 130 Å². The van der Waals surface area contributed by atoms with Crippen LogP contribution in [0.25, 0.3) is 0 Å². The van der Waals surface area contributed by atoms with E-state index in [4.69, 9.17) is 0 Å². The lowest BCUT2D eigenvalue weighted by atomic mass is 9.73. The molecule has 0 spiro atoms. The molecule has 0 N–H and O–H groups in total. The van der Waals surface area contributed by atoms with Crippen molar-refractivity contribution < 1.29 is 0 Å². The van der Waals surface area contributed by atoms with Crippen LogP contribution in [0.3, 0.4) is 0 Å². The van der Waals surface area contributed by atoms with E-state index in [9.17, 15) is 5.26 Å². The molecule has 0 atom stereocenters. The molecule has 1 heteroatoms. The summed E-state index contributed by atoms with van der Waals surface area (Å²) in [6.45, 7) is 9.14. The molecule has 1 nitrogen and oxygen atoms in total. The van der Waals surface area contributed by atoms with Crippen LogP contribution in [-0.4, -0.2) is 0 Å². The number of nitriles is 1. The van der Waals surface area contributed by atoms with Gasteiger partial charge in [-0.25, -0.2) is 0 Å². The second-order valence-electron chi connectivity index (χ2n) is 8.16. The van der Waals surface area contributed by atoms with Crippen molar-refractivity contribution in [3.63, 3.8) is 0 Å². The third-order valence-corrected chi connectivity index (χ3v) is 5.88. The van der Waals surface area contributed by atoms with Crippen molar-refractivity contribution in [3.05, 3.63) is 0 Å². The molecule has 0 saturated heterocycles. The summed E-state index contributed by atoms with van der Waals surface area (Å²) >= 11 is 0. The van der Waals surface area contributed by atoms with Crippen molar-refractivity contribution >= 4 is 0 Å². The number of unbranched alkanes of at least 4 members (excludes halogenated alkanes) is 8. The second-order valence-corrected chi connectivity index (χ2v) is 8.16. The highest BCUT2D eigenvalue weighted by molar-refractivity contribution is 4.93. The molecule has 0 bridgehead atoms. The highest BCUT2D eigenvalue weighted by Gasteiger charge is 2.28. The summed E-state index contributed by atoms with van der Waals surface area (Å²) in [5.74, 6) is 1.61. The lowest BCUT2D eigenvalue weighted by Gasteiger charge is -2.30. The topological polar surface area (TPSA) is 23.8 Å². The van der Waals surface area contributed by atoms with Gasteiger partial charge in [0.25, 0.3) is 0 Å². The van der Waals surface area contributed by atoms with E-state index in [2.05, 4.69) is 33.8 Å². The average molecular weight is 350 g/mol. The Morgan fingerprint density at radius 2 is 0.800 bits per heavy atom. The summed E-state index contributed by atoms with van der Waals surface area (Å²) in [5, 5.41) is 10.0. The molecule has 0 unspecified atom stereocenters. The highest BCUT2D eigenvalue weighted by atomic mass is 14.4. The molecule has 0 aliphatic carbocycles. The van der Waals surface area contributed by atoms with Crippen molar-refractivity contribution in [2.75, 3.05) is 0 Å². The van der Waals surface area contributed by atoms with Crippen LogP contribution in [0.2, 0.25) is 0 Å². The van der Waals surface area contributed by atoms with Crippen LogP contribution in [0, 0.1) is 29.1 Å². The zero-order chi connectivity index (χ0) is 18.8. The van der Waals surface area contributed by atoms with Crippen LogP contribution >= 0.6 is 0 Å². The summed E-state index contributed by atoms with van der Waals surface area (Å²) in [6, 6.07) is 2.81. The van der Waals surface area contributed by atoms with E-state index in [1.165, 1.54) is 103 Å². The monoisotopic (exact) mass is 349 g/mol. The molecule has 0 aliphatic rings. The van der Waals surface area contributed by atoms with Gasteiger partial charge in [0.05, 0.1) is 12.0 Å². The van der Waals surface area contributed by atoms with Crippen LogP contribution < -0.4 is 0 Å². The van der Waals surface area contributed by atoms with Crippen LogP contribution in [0.5, 0.6) is 0 Å². The minimum absolute atomic E-state index is 0.308. The first-order chi connectivity index (χ1) is 12.2. The van der Waals surface area contributed by atoms with Crippen LogP contribution in [-0.2, 0) is 0 Å². The molecule has 0 amide bonds. The summed E-state index contributed by atoms with van der Waals surface area (Å²) in [7, 11) is 0. The van der Waals surface area contributed by atoms with E-state index in [0.717, 1.165) is 0 Å². The Morgan fingerprint density at radius 3 is 1.00 bits per heavy atom. The first-order valence-electron chi connectivity index (χ1n) is 11.6. The molecular weight excluding hydrogens is 302 g/mol. The first-order valence-corrected chi connectivity index (χ1v) is 11.6. The third-order valence-electron chi connectivity index (χ3n) is 5.88. The molecule has 25 heavy (non-hydrogen) atoms. The van der Waals surface area contributed by atoms with Crippen LogP contribution in [0.15, 0.2) is 0 Å². The normalized spacial score (nSPS) is 11.6. The lowest BCUT2D eigenvalue weighted by Crippen LogP contribution is -2.23. The van der Waals surface area contributed by atoms with Crippen molar-refractivity contribution in [1.29, 1.82) is 5.26 Å². The second kappa shape index (κ2) is 18.3. The van der Waals surface area contributed by atoms with Crippen LogP contribution in [0.1, 0.15) is 130 Å². The fourth-order valence-electron chi connectivity index (χ4n) is 4.23. The van der Waals surface area contributed by atoms with Gasteiger partial charge in [0.2, 0.25) is 0 Å². The zero-order valence-corrected chi connectivity index (χ0v) is 18.0. The number of nitrogens with zero attached hydrogens (tertiary/aromatic N) is 1. The van der Waals surface area contributed by atoms with E-state index in [-0.39, 0.29) is 0 Å². The van der Waals surface area contributed by atoms with Gasteiger partial charge in [-0.1, -0.05) is 105 Å². The molecule has 0 aromatic carbocycles. The minimum atomic E-state index is 0.308. The highest BCUT2D eigenvalue weighted by Crippen LogP contribution is 2.35. The van der Waals surface area contributed by atoms with E-state index in [1.54, 1.807) is 0 Å². The molecule has 0 aliphatic heterocycles. The standard InChI is InChI=1S/C24H47N/c1-5-9-13-17-22(18-14-10-6-2)24(21-25)23(19-15-11-7-3)20-16-12-8-4/h22-24H,5-20H2,1-4H3. The maximum atomic E-state index is 10.0. The van der Waals surface area contributed by atoms with E-state index < -0.39 is 0 Å². The fourth-order valence-corrected chi connectivity index (χ4v) is 4.23. The summed E-state index contributed by atoms with van der Waals surface area (Å²) in [6.07, 6.45) is 20.9. The molecule has 0 aromatic heterocycles.